The van der Waals surface area contributed by atoms with Crippen LogP contribution in [0.4, 0.5) is 0 Å². The molecule has 4 nitrogen and oxygen atoms in total. The highest BCUT2D eigenvalue weighted by molar-refractivity contribution is 5.61. The summed E-state index contributed by atoms with van der Waals surface area (Å²) >= 11 is 0. The number of hydroxylamine groups is 1. The zero-order valence-electron chi connectivity index (χ0n) is 7.00. The van der Waals surface area contributed by atoms with Crippen LogP contribution < -0.4 is 5.48 Å². The van der Waals surface area contributed by atoms with Crippen LogP contribution in [0, 0.1) is 0 Å². The Bertz CT molecular complexity index is 301. The van der Waals surface area contributed by atoms with Crippen molar-refractivity contribution in [3.8, 4) is 0 Å². The van der Waals surface area contributed by atoms with Crippen molar-refractivity contribution in [2.45, 2.75) is 19.4 Å². The molecule has 1 aromatic rings. The predicted molar refractivity (Wildman–Crippen MR) is 42.8 cm³/mol. The molecule has 0 unspecified atom stereocenters. The van der Waals surface area contributed by atoms with Gasteiger partial charge in [-0.25, -0.2) is 0 Å². The lowest BCUT2D eigenvalue weighted by atomic mass is 10.1. The molecule has 2 heterocycles. The van der Waals surface area contributed by atoms with E-state index in [1.165, 1.54) is 6.26 Å². The molecule has 1 aromatic heterocycles. The van der Waals surface area contributed by atoms with Gasteiger partial charge in [-0.2, -0.15) is 0 Å². The highest BCUT2D eigenvalue weighted by atomic mass is 16.7. The van der Waals surface area contributed by atoms with Crippen LogP contribution in [0.3, 0.4) is 0 Å². The molecule has 0 amide bonds. The quantitative estimate of drug-likeness (QED) is 0.683. The lowest BCUT2D eigenvalue weighted by molar-refractivity contribution is -0.00852. The second-order valence-corrected chi connectivity index (χ2v) is 3.25. The van der Waals surface area contributed by atoms with Gasteiger partial charge in [0.25, 0.3) is 0 Å². The molecule has 0 saturated carbocycles. The topological polar surface area (TPSA) is 47.3 Å². The molecule has 0 aromatic carbocycles. The first-order valence-electron chi connectivity index (χ1n) is 3.75. The maximum Gasteiger partial charge on any atom is 0.131 e. The molecule has 0 saturated heterocycles. The number of aromatic nitrogens is 1. The van der Waals surface area contributed by atoms with E-state index in [9.17, 15) is 0 Å². The number of nitrogens with zero attached hydrogens (tertiary/aromatic N) is 1. The highest BCUT2D eigenvalue weighted by Crippen LogP contribution is 2.23. The van der Waals surface area contributed by atoms with Gasteiger partial charge in [0.2, 0.25) is 0 Å². The van der Waals surface area contributed by atoms with Crippen LogP contribution in [0.25, 0.3) is 5.70 Å². The van der Waals surface area contributed by atoms with Gasteiger partial charge in [-0.15, -0.1) is 0 Å². The number of hydrogen-bond acceptors (Lipinski definition) is 4. The van der Waals surface area contributed by atoms with Crippen LogP contribution in [0.15, 0.2) is 22.9 Å². The Balaban J connectivity index is 2.28. The minimum absolute atomic E-state index is 0.270. The normalized spacial score (nSPS) is 20.3. The highest BCUT2D eigenvalue weighted by Gasteiger charge is 2.25. The van der Waals surface area contributed by atoms with Crippen LogP contribution in [0.2, 0.25) is 0 Å². The van der Waals surface area contributed by atoms with Crippen molar-refractivity contribution in [1.29, 1.82) is 0 Å². The maximum atomic E-state index is 5.25. The summed E-state index contributed by atoms with van der Waals surface area (Å²) in [4.78, 5) is 5.25. The molecule has 1 aliphatic heterocycles. The Labute approximate surface area is 70.1 Å². The van der Waals surface area contributed by atoms with Crippen LogP contribution >= 0.6 is 0 Å². The molecule has 0 spiro atoms. The number of rotatable bonds is 1. The first-order valence-corrected chi connectivity index (χ1v) is 3.75. The Morgan fingerprint density at radius 1 is 1.50 bits per heavy atom. The molecule has 0 aliphatic carbocycles. The summed E-state index contributed by atoms with van der Waals surface area (Å²) in [5.74, 6) is 0. The standard InChI is InChI=1S/C8H10N2O2/c1-8(2)5-7(10-12-8)6-3-4-11-9-6/h3-5,10H,1-2H3. The summed E-state index contributed by atoms with van der Waals surface area (Å²) in [6, 6.07) is 1.78. The molecule has 0 atom stereocenters. The third kappa shape index (κ3) is 1.21. The molecule has 4 heteroatoms. The first-order chi connectivity index (χ1) is 5.67. The molecule has 0 fully saturated rings. The van der Waals surface area contributed by atoms with E-state index in [4.69, 9.17) is 9.36 Å². The summed E-state index contributed by atoms with van der Waals surface area (Å²) in [5.41, 5.74) is 4.14. The van der Waals surface area contributed by atoms with Gasteiger partial charge < -0.3 is 4.52 Å². The van der Waals surface area contributed by atoms with E-state index in [1.54, 1.807) is 6.07 Å². The van der Waals surface area contributed by atoms with E-state index in [0.29, 0.717) is 0 Å². The second-order valence-electron chi connectivity index (χ2n) is 3.25. The smallest absolute Gasteiger partial charge is 0.131 e. The van der Waals surface area contributed by atoms with Gasteiger partial charge in [-0.1, -0.05) is 5.16 Å². The van der Waals surface area contributed by atoms with Crippen molar-refractivity contribution in [2.75, 3.05) is 0 Å². The van der Waals surface area contributed by atoms with E-state index in [-0.39, 0.29) is 5.60 Å². The molecule has 1 aliphatic rings. The lowest BCUT2D eigenvalue weighted by Crippen LogP contribution is -2.20. The van der Waals surface area contributed by atoms with Gasteiger partial charge in [0.15, 0.2) is 0 Å². The van der Waals surface area contributed by atoms with E-state index < -0.39 is 0 Å². The van der Waals surface area contributed by atoms with E-state index in [0.717, 1.165) is 11.4 Å². The fourth-order valence-electron chi connectivity index (χ4n) is 1.07. The van der Waals surface area contributed by atoms with Gasteiger partial charge in [0, 0.05) is 6.07 Å². The Morgan fingerprint density at radius 3 is 2.83 bits per heavy atom. The summed E-state index contributed by atoms with van der Waals surface area (Å²) < 4.78 is 4.71. The van der Waals surface area contributed by atoms with Crippen molar-refractivity contribution in [1.82, 2.24) is 10.6 Å². The van der Waals surface area contributed by atoms with Gasteiger partial charge >= 0.3 is 0 Å². The Kier molecular flexibility index (Phi) is 1.44. The zero-order valence-corrected chi connectivity index (χ0v) is 7.00. The number of hydrogen-bond donors (Lipinski definition) is 1. The predicted octanol–water partition coefficient (Wildman–Crippen LogP) is 1.33. The van der Waals surface area contributed by atoms with Crippen LogP contribution in [0.5, 0.6) is 0 Å². The Morgan fingerprint density at radius 2 is 2.33 bits per heavy atom. The van der Waals surface area contributed by atoms with Crippen LogP contribution in [-0.2, 0) is 4.84 Å². The SMILES string of the molecule is CC1(C)C=C(c2ccon2)NO1. The summed E-state index contributed by atoms with van der Waals surface area (Å²) in [5, 5.41) is 3.78. The largest absolute Gasteiger partial charge is 0.364 e. The van der Waals surface area contributed by atoms with E-state index in [1.807, 2.05) is 19.9 Å². The minimum atomic E-state index is -0.270. The van der Waals surface area contributed by atoms with Crippen LogP contribution in [-0.4, -0.2) is 10.8 Å². The summed E-state index contributed by atoms with van der Waals surface area (Å²) in [6.45, 7) is 3.93. The molecule has 1 N–H and O–H groups in total. The number of nitrogens with one attached hydrogen (secondary N) is 1. The minimum Gasteiger partial charge on any atom is -0.364 e. The van der Waals surface area contributed by atoms with Crippen molar-refractivity contribution >= 4 is 5.70 Å². The van der Waals surface area contributed by atoms with Crippen molar-refractivity contribution in [3.63, 3.8) is 0 Å². The van der Waals surface area contributed by atoms with Gasteiger partial charge in [0.1, 0.15) is 17.6 Å². The Hall–Kier alpha value is -1.29. The van der Waals surface area contributed by atoms with Crippen LogP contribution in [0.1, 0.15) is 19.5 Å². The molecule has 12 heavy (non-hydrogen) atoms. The molecule has 0 bridgehead atoms. The average Bonchev–Trinajstić information content (AvgIpc) is 2.55. The third-order valence-corrected chi connectivity index (χ3v) is 1.63. The van der Waals surface area contributed by atoms with Gasteiger partial charge in [-0.3, -0.25) is 10.3 Å². The monoisotopic (exact) mass is 166 g/mol. The molecule has 64 valence electrons. The van der Waals surface area contributed by atoms with E-state index >= 15 is 0 Å². The van der Waals surface area contributed by atoms with Gasteiger partial charge in [0.05, 0.1) is 5.70 Å². The summed E-state index contributed by atoms with van der Waals surface area (Å²) in [7, 11) is 0. The third-order valence-electron chi connectivity index (χ3n) is 1.63. The molecular weight excluding hydrogens is 156 g/mol. The lowest BCUT2D eigenvalue weighted by Gasteiger charge is -2.11. The second kappa shape index (κ2) is 2.35. The molecular formula is C8H10N2O2. The fourth-order valence-corrected chi connectivity index (χ4v) is 1.07. The zero-order chi connectivity index (χ0) is 8.60. The van der Waals surface area contributed by atoms with Crippen molar-refractivity contribution in [3.05, 3.63) is 24.1 Å². The van der Waals surface area contributed by atoms with Crippen molar-refractivity contribution < 1.29 is 9.36 Å². The maximum absolute atomic E-state index is 5.25. The first kappa shape index (κ1) is 7.36. The van der Waals surface area contributed by atoms with E-state index in [2.05, 4.69) is 10.6 Å². The summed E-state index contributed by atoms with van der Waals surface area (Å²) in [6.07, 6.45) is 3.49. The van der Waals surface area contributed by atoms with Crippen molar-refractivity contribution in [2.24, 2.45) is 0 Å². The fraction of sp³-hybridized carbons (Fsp3) is 0.375. The molecule has 2 rings (SSSR count). The average molecular weight is 166 g/mol. The van der Waals surface area contributed by atoms with Gasteiger partial charge in [-0.05, 0) is 19.9 Å². The molecule has 0 radical (unpaired) electrons.